The molecule has 2 unspecified atom stereocenters. The van der Waals surface area contributed by atoms with Crippen LogP contribution in [-0.2, 0) is 23.8 Å². The van der Waals surface area contributed by atoms with Gasteiger partial charge in [0.1, 0.15) is 0 Å². The van der Waals surface area contributed by atoms with Gasteiger partial charge in [0.15, 0.2) is 6.29 Å². The zero-order valence-corrected chi connectivity index (χ0v) is 11.0. The number of aliphatic carboxylic acids is 2. The molecule has 0 aliphatic carbocycles. The van der Waals surface area contributed by atoms with Gasteiger partial charge in [0.2, 0.25) is 0 Å². The van der Waals surface area contributed by atoms with Crippen LogP contribution in [0.3, 0.4) is 0 Å². The van der Waals surface area contributed by atoms with Gasteiger partial charge in [-0.25, -0.2) is 9.59 Å². The second kappa shape index (κ2) is 10.7. The van der Waals surface area contributed by atoms with Crippen LogP contribution < -0.4 is 0 Å². The topological polar surface area (TPSA) is 102 Å². The molecule has 18 heavy (non-hydrogen) atoms. The summed E-state index contributed by atoms with van der Waals surface area (Å²) < 4.78 is 14.3. The molecule has 7 nitrogen and oxygen atoms in total. The summed E-state index contributed by atoms with van der Waals surface area (Å²) in [6.45, 7) is 8.17. The van der Waals surface area contributed by atoms with Gasteiger partial charge in [-0.2, -0.15) is 0 Å². The standard InChI is InChI=1S/C7H14O5.C4H6O2/c1-4-11-7(6(8)9)12-5(2)10-3;1-3(2)4(5)6/h5,7H,4H2,1-3H3,(H,8,9);1H2,2H3,(H,5,6). The minimum Gasteiger partial charge on any atom is -0.478 e. The van der Waals surface area contributed by atoms with E-state index in [1.165, 1.54) is 14.0 Å². The van der Waals surface area contributed by atoms with Gasteiger partial charge >= 0.3 is 11.9 Å². The largest absolute Gasteiger partial charge is 0.478 e. The van der Waals surface area contributed by atoms with Crippen LogP contribution in [0.25, 0.3) is 0 Å². The van der Waals surface area contributed by atoms with Crippen LogP contribution in [0.15, 0.2) is 12.2 Å². The lowest BCUT2D eigenvalue weighted by Gasteiger charge is -2.17. The summed E-state index contributed by atoms with van der Waals surface area (Å²) >= 11 is 0. The van der Waals surface area contributed by atoms with Gasteiger partial charge in [0.05, 0.1) is 0 Å². The molecule has 0 aliphatic heterocycles. The number of carboxylic acids is 2. The first-order valence-electron chi connectivity index (χ1n) is 5.17. The number of hydrogen-bond donors (Lipinski definition) is 2. The number of rotatable bonds is 7. The Labute approximate surface area is 106 Å². The Morgan fingerprint density at radius 1 is 1.33 bits per heavy atom. The van der Waals surface area contributed by atoms with E-state index in [4.69, 9.17) is 24.4 Å². The number of hydrogen-bond acceptors (Lipinski definition) is 5. The lowest BCUT2D eigenvalue weighted by molar-refractivity contribution is -0.236. The van der Waals surface area contributed by atoms with Crippen LogP contribution >= 0.6 is 0 Å². The van der Waals surface area contributed by atoms with E-state index in [1.807, 2.05) is 0 Å². The molecule has 2 atom stereocenters. The molecule has 0 aromatic heterocycles. The fraction of sp³-hybridized carbons (Fsp3) is 0.636. The van der Waals surface area contributed by atoms with E-state index in [2.05, 4.69) is 6.58 Å². The van der Waals surface area contributed by atoms with Gasteiger partial charge in [-0.3, -0.25) is 0 Å². The summed E-state index contributed by atoms with van der Waals surface area (Å²) in [5, 5.41) is 16.4. The first kappa shape index (κ1) is 18.9. The molecule has 0 aliphatic rings. The Morgan fingerprint density at radius 3 is 2.00 bits per heavy atom. The fourth-order valence-corrected chi connectivity index (χ4v) is 0.550. The Morgan fingerprint density at radius 2 is 1.78 bits per heavy atom. The highest BCUT2D eigenvalue weighted by Crippen LogP contribution is 2.01. The van der Waals surface area contributed by atoms with Crippen LogP contribution in [-0.4, -0.2) is 48.4 Å². The van der Waals surface area contributed by atoms with Crippen molar-refractivity contribution in [3.8, 4) is 0 Å². The zero-order valence-electron chi connectivity index (χ0n) is 11.0. The van der Waals surface area contributed by atoms with Crippen molar-refractivity contribution < 1.29 is 34.0 Å². The number of carbonyl (C=O) groups is 2. The molecule has 0 heterocycles. The molecule has 2 N–H and O–H groups in total. The average Bonchev–Trinajstić information content (AvgIpc) is 2.28. The lowest BCUT2D eigenvalue weighted by Crippen LogP contribution is -2.31. The van der Waals surface area contributed by atoms with E-state index < -0.39 is 24.5 Å². The van der Waals surface area contributed by atoms with Gasteiger partial charge < -0.3 is 24.4 Å². The maximum Gasteiger partial charge on any atom is 0.361 e. The van der Waals surface area contributed by atoms with E-state index >= 15 is 0 Å². The third-order valence-corrected chi connectivity index (χ3v) is 1.53. The molecule has 0 saturated carbocycles. The lowest BCUT2D eigenvalue weighted by atomic mass is 10.4. The van der Waals surface area contributed by atoms with Crippen molar-refractivity contribution in [1.29, 1.82) is 0 Å². The molecule has 0 aromatic rings. The predicted octanol–water partition coefficient (Wildman–Crippen LogP) is 1.09. The first-order valence-corrected chi connectivity index (χ1v) is 5.17. The molecule has 0 saturated heterocycles. The summed E-state index contributed by atoms with van der Waals surface area (Å²) in [4.78, 5) is 20.0. The fourth-order valence-electron chi connectivity index (χ4n) is 0.550. The quantitative estimate of drug-likeness (QED) is 0.524. The highest BCUT2D eigenvalue weighted by Gasteiger charge is 2.20. The van der Waals surface area contributed by atoms with Crippen molar-refractivity contribution in [3.05, 3.63) is 12.2 Å². The molecule has 0 radical (unpaired) electrons. The molecule has 0 fully saturated rings. The Hall–Kier alpha value is -1.44. The minimum atomic E-state index is -1.25. The van der Waals surface area contributed by atoms with E-state index in [9.17, 15) is 9.59 Å². The van der Waals surface area contributed by atoms with E-state index in [1.54, 1.807) is 13.8 Å². The first-order chi connectivity index (χ1) is 8.26. The summed E-state index contributed by atoms with van der Waals surface area (Å²) in [5.74, 6) is -2.09. The van der Waals surface area contributed by atoms with Crippen LogP contribution in [0, 0.1) is 0 Å². The molecule has 0 spiro atoms. The summed E-state index contributed by atoms with van der Waals surface area (Å²) in [6.07, 6.45) is -1.83. The third-order valence-electron chi connectivity index (χ3n) is 1.53. The predicted molar refractivity (Wildman–Crippen MR) is 63.1 cm³/mol. The molecule has 0 rings (SSSR count). The number of methoxy groups -OCH3 is 1. The molecule has 0 amide bonds. The Kier molecular flexibility index (Phi) is 11.2. The Balaban J connectivity index is 0. The monoisotopic (exact) mass is 264 g/mol. The van der Waals surface area contributed by atoms with Gasteiger partial charge in [0, 0.05) is 19.3 Å². The zero-order chi connectivity index (χ0) is 14.7. The average molecular weight is 264 g/mol. The van der Waals surface area contributed by atoms with E-state index in [0.717, 1.165) is 0 Å². The second-order valence-electron chi connectivity index (χ2n) is 3.15. The van der Waals surface area contributed by atoms with Crippen molar-refractivity contribution in [2.75, 3.05) is 13.7 Å². The molecule has 106 valence electrons. The van der Waals surface area contributed by atoms with Gasteiger partial charge in [-0.05, 0) is 20.8 Å². The number of ether oxygens (including phenoxy) is 3. The maximum absolute atomic E-state index is 10.4. The maximum atomic E-state index is 10.4. The van der Waals surface area contributed by atoms with Crippen LogP contribution in [0.5, 0.6) is 0 Å². The summed E-state index contributed by atoms with van der Waals surface area (Å²) in [5.41, 5.74) is 0.176. The van der Waals surface area contributed by atoms with Gasteiger partial charge in [0.25, 0.3) is 6.29 Å². The van der Waals surface area contributed by atoms with E-state index in [-0.39, 0.29) is 12.2 Å². The summed E-state index contributed by atoms with van der Waals surface area (Å²) in [7, 11) is 1.43. The molecular formula is C11H20O7. The van der Waals surface area contributed by atoms with Crippen molar-refractivity contribution in [3.63, 3.8) is 0 Å². The van der Waals surface area contributed by atoms with Crippen molar-refractivity contribution in [1.82, 2.24) is 0 Å². The van der Waals surface area contributed by atoms with E-state index in [0.29, 0.717) is 0 Å². The second-order valence-corrected chi connectivity index (χ2v) is 3.15. The third kappa shape index (κ3) is 11.1. The van der Waals surface area contributed by atoms with Crippen molar-refractivity contribution in [2.24, 2.45) is 0 Å². The van der Waals surface area contributed by atoms with Crippen LogP contribution in [0.1, 0.15) is 20.8 Å². The van der Waals surface area contributed by atoms with Gasteiger partial charge in [-0.15, -0.1) is 0 Å². The smallest absolute Gasteiger partial charge is 0.361 e. The molecular weight excluding hydrogens is 244 g/mol. The van der Waals surface area contributed by atoms with Gasteiger partial charge in [-0.1, -0.05) is 6.58 Å². The molecule has 0 bridgehead atoms. The van der Waals surface area contributed by atoms with Crippen LogP contribution in [0.4, 0.5) is 0 Å². The number of carboxylic acid groups (broad SMARTS) is 2. The SMILES string of the molecule is C=C(C)C(=O)O.CCOC(OC(C)OC)C(=O)O. The molecule has 7 heteroatoms. The minimum absolute atomic E-state index is 0.176. The van der Waals surface area contributed by atoms with Crippen molar-refractivity contribution >= 4 is 11.9 Å². The van der Waals surface area contributed by atoms with Crippen LogP contribution in [0.2, 0.25) is 0 Å². The Bertz CT molecular complexity index is 263. The highest BCUT2D eigenvalue weighted by molar-refractivity contribution is 5.84. The summed E-state index contributed by atoms with van der Waals surface area (Å²) in [6, 6.07) is 0. The highest BCUT2D eigenvalue weighted by atomic mass is 16.8. The normalized spacial score (nSPS) is 12.9. The molecule has 0 aromatic carbocycles. The van der Waals surface area contributed by atoms with Crippen molar-refractivity contribution in [2.45, 2.75) is 33.4 Å².